The number of aliphatic hydroxyl groups is 1. The molecule has 110 valence electrons. The molecule has 0 heterocycles. The van der Waals surface area contributed by atoms with Gasteiger partial charge in [-0.25, -0.2) is 0 Å². The Morgan fingerprint density at radius 3 is 2.37 bits per heavy atom. The Morgan fingerprint density at radius 2 is 1.89 bits per heavy atom. The molecule has 0 aliphatic rings. The lowest BCUT2D eigenvalue weighted by atomic mass is 10.1. The first kappa shape index (κ1) is 18.8. The van der Waals surface area contributed by atoms with Crippen molar-refractivity contribution in [3.05, 3.63) is 21.3 Å². The molecule has 1 aromatic rings. The fourth-order valence-corrected chi connectivity index (χ4v) is 2.36. The molecule has 0 bridgehead atoms. The molecule has 0 amide bonds. The van der Waals surface area contributed by atoms with E-state index < -0.39 is 0 Å². The van der Waals surface area contributed by atoms with Crippen LogP contribution in [0.25, 0.3) is 0 Å². The number of hydrogen-bond donors (Lipinski definition) is 2. The van der Waals surface area contributed by atoms with Crippen LogP contribution in [0.4, 0.5) is 0 Å². The molecule has 19 heavy (non-hydrogen) atoms. The summed E-state index contributed by atoms with van der Waals surface area (Å²) in [5, 5.41) is 12.5. The van der Waals surface area contributed by atoms with Gasteiger partial charge in [0.2, 0.25) is 0 Å². The van der Waals surface area contributed by atoms with Gasteiger partial charge in [0, 0.05) is 12.1 Å². The summed E-state index contributed by atoms with van der Waals surface area (Å²) in [6.45, 7) is 4.68. The van der Waals surface area contributed by atoms with Gasteiger partial charge in [-0.3, -0.25) is 0 Å². The lowest BCUT2D eigenvalue weighted by Crippen LogP contribution is -2.42. The third kappa shape index (κ3) is 5.33. The van der Waals surface area contributed by atoms with Crippen molar-refractivity contribution >= 4 is 35.0 Å². The van der Waals surface area contributed by atoms with Crippen molar-refractivity contribution in [3.8, 4) is 11.5 Å². The minimum absolute atomic E-state index is 0. The van der Waals surface area contributed by atoms with Crippen molar-refractivity contribution < 1.29 is 14.6 Å². The number of methoxy groups -OCH3 is 2. The average Bonchev–Trinajstić information content (AvgIpc) is 2.35. The van der Waals surface area contributed by atoms with Crippen molar-refractivity contribution in [2.45, 2.75) is 25.9 Å². The Labute approximate surface area is 134 Å². The van der Waals surface area contributed by atoms with Gasteiger partial charge >= 0.3 is 0 Å². The number of rotatable bonds is 6. The molecular formula is C13H21ClINO3. The zero-order chi connectivity index (χ0) is 13.8. The number of nitrogens with one attached hydrogen (secondary N) is 1. The highest BCUT2D eigenvalue weighted by molar-refractivity contribution is 14.1. The van der Waals surface area contributed by atoms with E-state index in [9.17, 15) is 5.11 Å². The van der Waals surface area contributed by atoms with Crippen LogP contribution >= 0.6 is 35.0 Å². The molecule has 1 rings (SSSR count). The van der Waals surface area contributed by atoms with Gasteiger partial charge in [-0.2, -0.15) is 0 Å². The minimum Gasteiger partial charge on any atom is -0.493 e. The molecule has 2 N–H and O–H groups in total. The van der Waals surface area contributed by atoms with Crippen LogP contribution in [0.2, 0.25) is 0 Å². The van der Waals surface area contributed by atoms with Gasteiger partial charge in [0.15, 0.2) is 11.5 Å². The largest absolute Gasteiger partial charge is 0.493 e. The third-order valence-electron chi connectivity index (χ3n) is 2.66. The lowest BCUT2D eigenvalue weighted by molar-refractivity contribution is 0.187. The van der Waals surface area contributed by atoms with Crippen molar-refractivity contribution in [2.24, 2.45) is 0 Å². The average molecular weight is 402 g/mol. The van der Waals surface area contributed by atoms with Gasteiger partial charge in [-0.1, -0.05) is 0 Å². The van der Waals surface area contributed by atoms with Crippen LogP contribution in [0.1, 0.15) is 19.4 Å². The minimum atomic E-state index is -0.293. The van der Waals surface area contributed by atoms with Crippen molar-refractivity contribution in [1.29, 1.82) is 0 Å². The maximum Gasteiger partial charge on any atom is 0.174 e. The van der Waals surface area contributed by atoms with Crippen LogP contribution in [0.3, 0.4) is 0 Å². The highest BCUT2D eigenvalue weighted by Crippen LogP contribution is 2.33. The van der Waals surface area contributed by atoms with Crippen LogP contribution in [0, 0.1) is 3.57 Å². The van der Waals surface area contributed by atoms with Gasteiger partial charge in [0.05, 0.1) is 24.4 Å². The molecule has 1 aromatic carbocycles. The summed E-state index contributed by atoms with van der Waals surface area (Å²) in [7, 11) is 3.26. The van der Waals surface area contributed by atoms with Gasteiger partial charge in [-0.15, -0.1) is 12.4 Å². The summed E-state index contributed by atoms with van der Waals surface area (Å²) in [5.74, 6) is 1.48. The second-order valence-corrected chi connectivity index (χ2v) is 5.87. The molecule has 0 radical (unpaired) electrons. The van der Waals surface area contributed by atoms with Crippen LogP contribution in [-0.2, 0) is 6.54 Å². The maximum atomic E-state index is 9.20. The molecule has 0 spiro atoms. The van der Waals surface area contributed by atoms with E-state index in [1.807, 2.05) is 26.0 Å². The number of halogens is 2. The lowest BCUT2D eigenvalue weighted by Gasteiger charge is -2.24. The molecule has 0 aliphatic carbocycles. The topological polar surface area (TPSA) is 50.7 Å². The first-order chi connectivity index (χ1) is 8.43. The van der Waals surface area contributed by atoms with E-state index in [-0.39, 0.29) is 24.6 Å². The highest BCUT2D eigenvalue weighted by Gasteiger charge is 2.16. The SMILES string of the molecule is COc1cc(CNC(C)(C)CO)cc(I)c1OC.Cl. The van der Waals surface area contributed by atoms with E-state index in [1.54, 1.807) is 14.2 Å². The van der Waals surface area contributed by atoms with Crippen molar-refractivity contribution in [1.82, 2.24) is 5.32 Å². The number of aliphatic hydroxyl groups excluding tert-OH is 1. The monoisotopic (exact) mass is 401 g/mol. The molecule has 0 aromatic heterocycles. The maximum absolute atomic E-state index is 9.20. The fraction of sp³-hybridized carbons (Fsp3) is 0.538. The molecule has 0 atom stereocenters. The molecule has 0 saturated heterocycles. The third-order valence-corrected chi connectivity index (χ3v) is 3.46. The molecule has 6 heteroatoms. The predicted molar refractivity (Wildman–Crippen MR) is 87.5 cm³/mol. The second kappa shape index (κ2) is 8.14. The Kier molecular flexibility index (Phi) is 8.03. The van der Waals surface area contributed by atoms with Crippen molar-refractivity contribution in [2.75, 3.05) is 20.8 Å². The van der Waals surface area contributed by atoms with Crippen LogP contribution in [0.15, 0.2) is 12.1 Å². The Bertz CT molecular complexity index is 413. The summed E-state index contributed by atoms with van der Waals surface area (Å²) in [6, 6.07) is 3.99. The fourth-order valence-electron chi connectivity index (χ4n) is 1.47. The van der Waals surface area contributed by atoms with E-state index in [4.69, 9.17) is 9.47 Å². The number of hydrogen-bond acceptors (Lipinski definition) is 4. The van der Waals surface area contributed by atoms with E-state index in [2.05, 4.69) is 27.9 Å². The molecule has 0 aliphatic heterocycles. The Hall–Kier alpha value is -0.240. The first-order valence-electron chi connectivity index (χ1n) is 5.70. The van der Waals surface area contributed by atoms with E-state index in [1.165, 1.54) is 0 Å². The van der Waals surface area contributed by atoms with Gasteiger partial charge in [-0.05, 0) is 54.1 Å². The standard InChI is InChI=1S/C13H20INO3.ClH/c1-13(2,8-16)15-7-9-5-10(14)12(18-4)11(6-9)17-3;/h5-6,15-16H,7-8H2,1-4H3;1H. The number of ether oxygens (including phenoxy) is 2. The van der Waals surface area contributed by atoms with E-state index in [0.29, 0.717) is 6.54 Å². The summed E-state index contributed by atoms with van der Waals surface area (Å²) >= 11 is 2.22. The smallest absolute Gasteiger partial charge is 0.174 e. The Balaban J connectivity index is 0.00000324. The van der Waals surface area contributed by atoms with E-state index in [0.717, 1.165) is 20.6 Å². The van der Waals surface area contributed by atoms with Gasteiger partial charge < -0.3 is 19.9 Å². The molecule has 0 unspecified atom stereocenters. The molecular weight excluding hydrogens is 381 g/mol. The summed E-state index contributed by atoms with van der Waals surface area (Å²) in [5.41, 5.74) is 0.803. The summed E-state index contributed by atoms with van der Waals surface area (Å²) in [6.07, 6.45) is 0. The molecule has 0 saturated carbocycles. The highest BCUT2D eigenvalue weighted by atomic mass is 127. The summed E-state index contributed by atoms with van der Waals surface area (Å²) in [4.78, 5) is 0. The predicted octanol–water partition coefficient (Wildman–Crippen LogP) is 2.59. The molecule has 4 nitrogen and oxygen atoms in total. The zero-order valence-corrected chi connectivity index (χ0v) is 14.6. The van der Waals surface area contributed by atoms with Crippen LogP contribution in [0.5, 0.6) is 11.5 Å². The second-order valence-electron chi connectivity index (χ2n) is 4.71. The Morgan fingerprint density at radius 1 is 1.26 bits per heavy atom. The van der Waals surface area contributed by atoms with Crippen LogP contribution < -0.4 is 14.8 Å². The van der Waals surface area contributed by atoms with Gasteiger partial charge in [0.1, 0.15) is 0 Å². The van der Waals surface area contributed by atoms with Crippen molar-refractivity contribution in [3.63, 3.8) is 0 Å². The summed E-state index contributed by atoms with van der Waals surface area (Å²) < 4.78 is 11.6. The van der Waals surface area contributed by atoms with Gasteiger partial charge in [0.25, 0.3) is 0 Å². The quantitative estimate of drug-likeness (QED) is 0.720. The first-order valence-corrected chi connectivity index (χ1v) is 6.77. The number of benzene rings is 1. The van der Waals surface area contributed by atoms with E-state index >= 15 is 0 Å². The molecule has 0 fully saturated rings. The zero-order valence-electron chi connectivity index (χ0n) is 11.6. The normalized spacial score (nSPS) is 10.8. The van der Waals surface area contributed by atoms with Crippen LogP contribution in [-0.4, -0.2) is 31.5 Å².